The topological polar surface area (TPSA) is 122 Å². The van der Waals surface area contributed by atoms with Crippen molar-refractivity contribution < 1.29 is 18.0 Å². The summed E-state index contributed by atoms with van der Waals surface area (Å²) < 4.78 is 28.2. The fourth-order valence-electron chi connectivity index (χ4n) is 4.53. The molecule has 0 fully saturated rings. The zero-order valence-electron chi connectivity index (χ0n) is 20.4. The van der Waals surface area contributed by atoms with Gasteiger partial charge in [0.05, 0.1) is 21.7 Å². The molecule has 0 saturated heterocycles. The van der Waals surface area contributed by atoms with Gasteiger partial charge in [0.25, 0.3) is 21.8 Å². The second-order valence-electron chi connectivity index (χ2n) is 8.94. The van der Waals surface area contributed by atoms with Crippen LogP contribution in [-0.4, -0.2) is 31.7 Å². The summed E-state index contributed by atoms with van der Waals surface area (Å²) >= 11 is 1.33. The number of hydrogen-bond acceptors (Lipinski definition) is 6. The molecule has 38 heavy (non-hydrogen) atoms. The van der Waals surface area contributed by atoms with Crippen molar-refractivity contribution in [2.24, 2.45) is 5.73 Å². The van der Waals surface area contributed by atoms with Gasteiger partial charge >= 0.3 is 0 Å². The maximum absolute atomic E-state index is 13.3. The summed E-state index contributed by atoms with van der Waals surface area (Å²) in [6.07, 6.45) is 0.639. The van der Waals surface area contributed by atoms with Gasteiger partial charge in [-0.05, 0) is 41.8 Å². The first-order chi connectivity index (χ1) is 18.3. The Balaban J connectivity index is 1.39. The highest BCUT2D eigenvalue weighted by molar-refractivity contribution is 7.92. The number of carbonyl (C=O) groups excluding carboxylic acids is 2. The van der Waals surface area contributed by atoms with Gasteiger partial charge in [0, 0.05) is 24.5 Å². The maximum atomic E-state index is 13.3. The smallest absolute Gasteiger partial charge is 0.261 e. The number of rotatable bonds is 8. The zero-order chi connectivity index (χ0) is 26.7. The van der Waals surface area contributed by atoms with Crippen LogP contribution in [0, 0.1) is 0 Å². The zero-order valence-corrected chi connectivity index (χ0v) is 22.0. The number of fused-ring (bicyclic) bond motifs is 1. The highest BCUT2D eigenvalue weighted by Gasteiger charge is 2.28. The molecule has 194 valence electrons. The number of hydrogen-bond donors (Lipinski definition) is 3. The van der Waals surface area contributed by atoms with Crippen LogP contribution in [0.1, 0.15) is 36.7 Å². The minimum absolute atomic E-state index is 0.0808. The van der Waals surface area contributed by atoms with E-state index in [-0.39, 0.29) is 16.1 Å². The molecule has 0 spiro atoms. The second-order valence-corrected chi connectivity index (χ2v) is 11.7. The monoisotopic (exact) mass is 546 g/mol. The molecule has 0 radical (unpaired) electrons. The van der Waals surface area contributed by atoms with Crippen LogP contribution < -0.4 is 15.8 Å². The Labute approximate surface area is 225 Å². The summed E-state index contributed by atoms with van der Waals surface area (Å²) in [4.78, 5) is 29.1. The predicted molar refractivity (Wildman–Crippen MR) is 149 cm³/mol. The molecule has 4 aromatic rings. The molecule has 2 heterocycles. The number of primary amides is 1. The van der Waals surface area contributed by atoms with Gasteiger partial charge in [0.2, 0.25) is 0 Å². The van der Waals surface area contributed by atoms with E-state index in [0.717, 1.165) is 23.5 Å². The summed E-state index contributed by atoms with van der Waals surface area (Å²) in [5.74, 6) is -1.15. The Morgan fingerprint density at radius 3 is 2.29 bits per heavy atom. The average molecular weight is 547 g/mol. The molecule has 8 nitrogen and oxygen atoms in total. The van der Waals surface area contributed by atoms with Gasteiger partial charge in [-0.1, -0.05) is 60.7 Å². The third kappa shape index (κ3) is 5.47. The molecule has 1 aliphatic heterocycles. The molecule has 1 aromatic heterocycles. The molecule has 0 bridgehead atoms. The summed E-state index contributed by atoms with van der Waals surface area (Å²) in [5, 5.41) is 3.19. The van der Waals surface area contributed by atoms with Crippen molar-refractivity contribution in [1.82, 2.24) is 4.90 Å². The predicted octanol–water partition coefficient (Wildman–Crippen LogP) is 4.46. The van der Waals surface area contributed by atoms with Crippen LogP contribution in [0.3, 0.4) is 0 Å². The van der Waals surface area contributed by atoms with Gasteiger partial charge < -0.3 is 11.1 Å². The molecule has 0 saturated carbocycles. The molecule has 0 atom stereocenters. The number of anilines is 2. The lowest BCUT2D eigenvalue weighted by atomic mass is 10.0. The Bertz CT molecular complexity index is 1590. The van der Waals surface area contributed by atoms with Gasteiger partial charge in [-0.15, -0.1) is 11.3 Å². The third-order valence-corrected chi connectivity index (χ3v) is 8.84. The lowest BCUT2D eigenvalue weighted by molar-refractivity contribution is 0.0999. The minimum atomic E-state index is -3.91. The lowest BCUT2D eigenvalue weighted by Gasteiger charge is -2.27. The lowest BCUT2D eigenvalue weighted by Crippen LogP contribution is -2.30. The maximum Gasteiger partial charge on any atom is 0.261 e. The first-order valence-corrected chi connectivity index (χ1v) is 14.3. The number of para-hydroxylation sites is 1. The molecular formula is C28H26N4O4S2. The average Bonchev–Trinajstić information content (AvgIpc) is 3.27. The van der Waals surface area contributed by atoms with Gasteiger partial charge in [0.1, 0.15) is 5.00 Å². The molecule has 0 unspecified atom stereocenters. The van der Waals surface area contributed by atoms with Crippen LogP contribution in [0.4, 0.5) is 10.7 Å². The Kier molecular flexibility index (Phi) is 7.28. The Hall–Kier alpha value is -3.99. The molecule has 5 rings (SSSR count). The van der Waals surface area contributed by atoms with Crippen molar-refractivity contribution in [2.75, 3.05) is 16.6 Å². The normalized spacial score (nSPS) is 13.5. The quantitative estimate of drug-likeness (QED) is 0.301. The molecular weight excluding hydrogens is 520 g/mol. The van der Waals surface area contributed by atoms with Gasteiger partial charge in [0.15, 0.2) is 0 Å². The highest BCUT2D eigenvalue weighted by Crippen LogP contribution is 2.38. The second kappa shape index (κ2) is 10.8. The van der Waals surface area contributed by atoms with Crippen LogP contribution in [0.15, 0.2) is 89.8 Å². The van der Waals surface area contributed by atoms with Crippen molar-refractivity contribution >= 4 is 43.9 Å². The van der Waals surface area contributed by atoms with E-state index in [1.165, 1.54) is 41.2 Å². The summed E-state index contributed by atoms with van der Waals surface area (Å²) in [6, 6.07) is 24.4. The first-order valence-electron chi connectivity index (χ1n) is 12.0. The van der Waals surface area contributed by atoms with E-state index in [9.17, 15) is 18.0 Å². The Morgan fingerprint density at radius 2 is 1.58 bits per heavy atom. The van der Waals surface area contributed by atoms with E-state index in [1.54, 1.807) is 30.3 Å². The standard InChI is InChI=1S/C28H26N4O4S2/c29-26(33)25-22-15-16-32(17-19-9-3-1-4-10-19)18-24(22)37-28(25)30-27(34)21-13-7-8-14-23(21)31-38(35,36)20-11-5-2-6-12-20/h1-14,31H,15-18H2,(H2,29,33)(H,30,34). The van der Waals surface area contributed by atoms with Gasteiger partial charge in [-0.3, -0.25) is 19.2 Å². The fourth-order valence-corrected chi connectivity index (χ4v) is 6.92. The van der Waals surface area contributed by atoms with E-state index >= 15 is 0 Å². The number of amides is 2. The van der Waals surface area contributed by atoms with Crippen molar-refractivity contribution in [1.29, 1.82) is 0 Å². The number of sulfonamides is 1. The van der Waals surface area contributed by atoms with Crippen molar-refractivity contribution in [2.45, 2.75) is 24.4 Å². The van der Waals surface area contributed by atoms with Crippen molar-refractivity contribution in [3.8, 4) is 0 Å². The molecule has 10 heteroatoms. The molecule has 1 aliphatic rings. The fraction of sp³-hybridized carbons (Fsp3) is 0.143. The van der Waals surface area contributed by atoms with Crippen LogP contribution >= 0.6 is 11.3 Å². The molecule has 4 N–H and O–H groups in total. The van der Waals surface area contributed by atoms with Gasteiger partial charge in [-0.25, -0.2) is 8.42 Å². The first kappa shape index (κ1) is 25.7. The molecule has 2 amide bonds. The molecule has 3 aromatic carbocycles. The number of nitrogens with one attached hydrogen (secondary N) is 2. The van der Waals surface area contributed by atoms with E-state index < -0.39 is 21.8 Å². The SMILES string of the molecule is NC(=O)c1c(NC(=O)c2ccccc2NS(=O)(=O)c2ccccc2)sc2c1CCN(Cc1ccccc1)C2. The highest BCUT2D eigenvalue weighted by atomic mass is 32.2. The van der Waals surface area contributed by atoms with Crippen LogP contribution in [0.25, 0.3) is 0 Å². The van der Waals surface area contributed by atoms with E-state index in [2.05, 4.69) is 27.1 Å². The number of thiophene rings is 1. The van der Waals surface area contributed by atoms with Gasteiger partial charge in [-0.2, -0.15) is 0 Å². The van der Waals surface area contributed by atoms with Crippen molar-refractivity contribution in [3.05, 3.63) is 112 Å². The van der Waals surface area contributed by atoms with Crippen LogP contribution in [0.5, 0.6) is 0 Å². The number of nitrogens with zero attached hydrogens (tertiary/aromatic N) is 1. The number of carbonyl (C=O) groups is 2. The number of nitrogens with two attached hydrogens (primary N) is 1. The summed E-state index contributed by atoms with van der Waals surface area (Å²) in [5.41, 5.74) is 8.38. The summed E-state index contributed by atoms with van der Waals surface area (Å²) in [6.45, 7) is 2.18. The van der Waals surface area contributed by atoms with E-state index in [0.29, 0.717) is 23.5 Å². The van der Waals surface area contributed by atoms with Crippen LogP contribution in [-0.2, 0) is 29.5 Å². The summed E-state index contributed by atoms with van der Waals surface area (Å²) in [7, 11) is -3.91. The van der Waals surface area contributed by atoms with E-state index in [4.69, 9.17) is 5.73 Å². The van der Waals surface area contributed by atoms with Crippen molar-refractivity contribution in [3.63, 3.8) is 0 Å². The van der Waals surface area contributed by atoms with E-state index in [1.807, 2.05) is 18.2 Å². The third-order valence-electron chi connectivity index (χ3n) is 6.33. The minimum Gasteiger partial charge on any atom is -0.365 e. The largest absolute Gasteiger partial charge is 0.365 e. The van der Waals surface area contributed by atoms with Crippen LogP contribution in [0.2, 0.25) is 0 Å². The molecule has 0 aliphatic carbocycles. The Morgan fingerprint density at radius 1 is 0.921 bits per heavy atom. The number of benzene rings is 3.